The second kappa shape index (κ2) is 10.1. The van der Waals surface area contributed by atoms with Crippen molar-refractivity contribution in [2.24, 2.45) is 5.92 Å². The van der Waals surface area contributed by atoms with Crippen LogP contribution < -0.4 is 5.32 Å². The Balaban J connectivity index is 1.52. The zero-order chi connectivity index (χ0) is 25.2. The van der Waals surface area contributed by atoms with Gasteiger partial charge in [-0.3, -0.25) is 9.59 Å². The first-order chi connectivity index (χ1) is 16.7. The summed E-state index contributed by atoms with van der Waals surface area (Å²) in [5, 5.41) is 12.3. The Hall–Kier alpha value is -3.35. The molecule has 2 aromatic carbocycles. The molecule has 4 rings (SSSR count). The van der Waals surface area contributed by atoms with Gasteiger partial charge in [-0.25, -0.2) is 4.79 Å². The highest BCUT2D eigenvalue weighted by atomic mass is 16.5. The molecule has 0 aromatic heterocycles. The number of fused-ring (bicyclic) bond motifs is 3. The molecule has 35 heavy (non-hydrogen) atoms. The lowest BCUT2D eigenvalue weighted by molar-refractivity contribution is -0.150. The van der Waals surface area contributed by atoms with Crippen molar-refractivity contribution in [3.8, 4) is 11.1 Å². The number of carboxylic acids is 1. The van der Waals surface area contributed by atoms with Crippen LogP contribution in [0.3, 0.4) is 0 Å². The van der Waals surface area contributed by atoms with E-state index in [1.54, 1.807) is 13.8 Å². The minimum Gasteiger partial charge on any atom is -0.480 e. The summed E-state index contributed by atoms with van der Waals surface area (Å²) in [6.45, 7) is 5.38. The SMILES string of the molecule is CC1CCCC(NC(=O)OCC2c3ccccc3-c3ccccc32)(C(=O)N(CC(=O)O)C(C)C)C1. The van der Waals surface area contributed by atoms with E-state index in [4.69, 9.17) is 4.74 Å². The average Bonchev–Trinajstić information content (AvgIpc) is 3.14. The molecule has 0 spiro atoms. The molecule has 7 nitrogen and oxygen atoms in total. The monoisotopic (exact) mass is 478 g/mol. The Kier molecular flexibility index (Phi) is 7.15. The molecule has 186 valence electrons. The summed E-state index contributed by atoms with van der Waals surface area (Å²) in [5.41, 5.74) is 3.36. The number of hydrogen-bond acceptors (Lipinski definition) is 4. The minimum absolute atomic E-state index is 0.0794. The van der Waals surface area contributed by atoms with Crippen LogP contribution in [-0.4, -0.2) is 52.7 Å². The number of aliphatic carboxylic acids is 1. The van der Waals surface area contributed by atoms with Crippen molar-refractivity contribution >= 4 is 18.0 Å². The first-order valence-electron chi connectivity index (χ1n) is 12.4. The predicted molar refractivity (Wildman–Crippen MR) is 133 cm³/mol. The van der Waals surface area contributed by atoms with Crippen LogP contribution >= 0.6 is 0 Å². The third-order valence-electron chi connectivity index (χ3n) is 7.28. The van der Waals surface area contributed by atoms with Crippen LogP contribution in [0.2, 0.25) is 0 Å². The van der Waals surface area contributed by atoms with Crippen LogP contribution in [0, 0.1) is 5.92 Å². The molecule has 7 heteroatoms. The van der Waals surface area contributed by atoms with E-state index in [0.29, 0.717) is 12.8 Å². The van der Waals surface area contributed by atoms with Gasteiger partial charge in [-0.1, -0.05) is 68.3 Å². The summed E-state index contributed by atoms with van der Waals surface area (Å²) >= 11 is 0. The van der Waals surface area contributed by atoms with Gasteiger partial charge in [-0.05, 0) is 54.9 Å². The van der Waals surface area contributed by atoms with Gasteiger partial charge in [0.2, 0.25) is 5.91 Å². The van der Waals surface area contributed by atoms with E-state index in [1.165, 1.54) is 4.90 Å². The molecule has 1 fully saturated rings. The lowest BCUT2D eigenvalue weighted by atomic mass is 9.75. The van der Waals surface area contributed by atoms with Crippen molar-refractivity contribution in [2.75, 3.05) is 13.2 Å². The average molecular weight is 479 g/mol. The molecule has 2 unspecified atom stereocenters. The largest absolute Gasteiger partial charge is 0.480 e. The molecule has 0 aliphatic heterocycles. The number of benzene rings is 2. The Bertz CT molecular complexity index is 1070. The van der Waals surface area contributed by atoms with Gasteiger partial charge in [0.05, 0.1) is 0 Å². The van der Waals surface area contributed by atoms with Crippen molar-refractivity contribution in [1.82, 2.24) is 10.2 Å². The lowest BCUT2D eigenvalue weighted by Gasteiger charge is -2.42. The van der Waals surface area contributed by atoms with Crippen molar-refractivity contribution in [3.63, 3.8) is 0 Å². The van der Waals surface area contributed by atoms with Gasteiger partial charge in [0.1, 0.15) is 18.7 Å². The topological polar surface area (TPSA) is 95.9 Å². The maximum Gasteiger partial charge on any atom is 0.408 e. The predicted octanol–water partition coefficient (Wildman–Crippen LogP) is 4.80. The molecule has 0 radical (unpaired) electrons. The molecular weight excluding hydrogens is 444 g/mol. The number of amides is 2. The molecule has 0 heterocycles. The first-order valence-corrected chi connectivity index (χ1v) is 12.4. The fourth-order valence-corrected chi connectivity index (χ4v) is 5.65. The number of alkyl carbamates (subject to hydrolysis) is 1. The molecule has 1 saturated carbocycles. The van der Waals surface area contributed by atoms with Gasteiger partial charge in [-0.15, -0.1) is 0 Å². The van der Waals surface area contributed by atoms with E-state index in [-0.39, 0.29) is 30.4 Å². The van der Waals surface area contributed by atoms with E-state index in [1.807, 2.05) is 24.3 Å². The summed E-state index contributed by atoms with van der Waals surface area (Å²) in [6, 6.07) is 15.9. The first kappa shape index (κ1) is 24.8. The van der Waals surface area contributed by atoms with Crippen LogP contribution in [0.4, 0.5) is 4.79 Å². The second-order valence-electron chi connectivity index (χ2n) is 10.2. The number of carbonyl (C=O) groups is 3. The quantitative estimate of drug-likeness (QED) is 0.596. The standard InChI is InChI=1S/C28H34N2O5/c1-18(2)30(16-25(31)32)26(33)28(14-8-9-19(3)15-28)29-27(34)35-17-24-22-12-6-4-10-20(22)21-11-5-7-13-23(21)24/h4-7,10-13,18-19,24H,8-9,14-17H2,1-3H3,(H,29,34)(H,31,32). The van der Waals surface area contributed by atoms with Crippen LogP contribution in [0.25, 0.3) is 11.1 Å². The van der Waals surface area contributed by atoms with E-state index >= 15 is 0 Å². The fourth-order valence-electron chi connectivity index (χ4n) is 5.65. The van der Waals surface area contributed by atoms with Crippen LogP contribution in [0.1, 0.15) is 63.5 Å². The minimum atomic E-state index is -1.17. The molecular formula is C28H34N2O5. The summed E-state index contributed by atoms with van der Waals surface area (Å²) in [4.78, 5) is 39.5. The molecule has 2 amide bonds. The van der Waals surface area contributed by atoms with Gasteiger partial charge in [-0.2, -0.15) is 0 Å². The van der Waals surface area contributed by atoms with Crippen molar-refractivity contribution in [3.05, 3.63) is 59.7 Å². The molecule has 2 aliphatic rings. The fraction of sp³-hybridized carbons (Fsp3) is 0.464. The van der Waals surface area contributed by atoms with Gasteiger partial charge in [0.15, 0.2) is 0 Å². The molecule has 0 bridgehead atoms. The Morgan fingerprint density at radius 2 is 1.69 bits per heavy atom. The maximum absolute atomic E-state index is 13.7. The van der Waals surface area contributed by atoms with Gasteiger partial charge in [0, 0.05) is 12.0 Å². The molecule has 2 aromatic rings. The van der Waals surface area contributed by atoms with Crippen molar-refractivity contribution < 1.29 is 24.2 Å². The smallest absolute Gasteiger partial charge is 0.408 e. The molecule has 2 N–H and O–H groups in total. The molecule has 2 atom stereocenters. The molecule has 2 aliphatic carbocycles. The second-order valence-corrected chi connectivity index (χ2v) is 10.2. The summed E-state index contributed by atoms with van der Waals surface area (Å²) in [7, 11) is 0. The van der Waals surface area contributed by atoms with E-state index < -0.39 is 24.1 Å². The zero-order valence-electron chi connectivity index (χ0n) is 20.6. The normalized spacial score (nSPS) is 21.2. The van der Waals surface area contributed by atoms with E-state index in [2.05, 4.69) is 36.5 Å². The van der Waals surface area contributed by atoms with E-state index in [9.17, 15) is 19.5 Å². The van der Waals surface area contributed by atoms with Crippen molar-refractivity contribution in [2.45, 2.75) is 64.0 Å². The number of ether oxygens (including phenoxy) is 1. The van der Waals surface area contributed by atoms with Crippen molar-refractivity contribution in [1.29, 1.82) is 0 Å². The van der Waals surface area contributed by atoms with Crippen LogP contribution in [0.15, 0.2) is 48.5 Å². The van der Waals surface area contributed by atoms with Crippen LogP contribution in [-0.2, 0) is 14.3 Å². The number of carboxylic acid groups (broad SMARTS) is 1. The molecule has 0 saturated heterocycles. The summed E-state index contributed by atoms with van der Waals surface area (Å²) in [5.74, 6) is -1.29. The Morgan fingerprint density at radius 3 is 2.23 bits per heavy atom. The highest BCUT2D eigenvalue weighted by Crippen LogP contribution is 2.44. The van der Waals surface area contributed by atoms with Gasteiger partial charge >= 0.3 is 12.1 Å². The summed E-state index contributed by atoms with van der Waals surface area (Å²) in [6.07, 6.45) is 2.01. The number of hydrogen-bond donors (Lipinski definition) is 2. The zero-order valence-corrected chi connectivity index (χ0v) is 20.6. The number of nitrogens with zero attached hydrogens (tertiary/aromatic N) is 1. The van der Waals surface area contributed by atoms with Gasteiger partial charge in [0.25, 0.3) is 0 Å². The number of rotatable bonds is 7. The highest BCUT2D eigenvalue weighted by Gasteiger charge is 2.46. The Labute approximate surface area is 206 Å². The third kappa shape index (κ3) is 5.04. The third-order valence-corrected chi connectivity index (χ3v) is 7.28. The Morgan fingerprint density at radius 1 is 1.09 bits per heavy atom. The number of carbonyl (C=O) groups excluding carboxylic acids is 2. The maximum atomic E-state index is 13.7. The van der Waals surface area contributed by atoms with Gasteiger partial charge < -0.3 is 20.1 Å². The van der Waals surface area contributed by atoms with Crippen LogP contribution in [0.5, 0.6) is 0 Å². The lowest BCUT2D eigenvalue weighted by Crippen LogP contribution is -2.63. The summed E-state index contributed by atoms with van der Waals surface area (Å²) < 4.78 is 5.74. The number of nitrogens with one attached hydrogen (secondary N) is 1. The van der Waals surface area contributed by atoms with E-state index in [0.717, 1.165) is 35.1 Å². The highest BCUT2D eigenvalue weighted by molar-refractivity contribution is 5.92.